The van der Waals surface area contributed by atoms with E-state index in [-0.39, 0.29) is 25.9 Å². The second kappa shape index (κ2) is 53.6. The molecule has 1 saturated heterocycles. The van der Waals surface area contributed by atoms with Crippen molar-refractivity contribution in [2.24, 2.45) is 0 Å². The van der Waals surface area contributed by atoms with Crippen LogP contribution in [0.25, 0.3) is 0 Å². The molecule has 0 radical (unpaired) electrons. The van der Waals surface area contributed by atoms with Gasteiger partial charge in [0.25, 0.3) is 0 Å². The molecule has 0 aromatic rings. The normalized spacial score (nSPS) is 18.2. The lowest BCUT2D eigenvalue weighted by Gasteiger charge is -2.40. The molecule has 1 aliphatic heterocycles. The first-order chi connectivity index (χ1) is 37.6. The largest absolute Gasteiger partial charge is 0.479 e. The Morgan fingerprint density at radius 2 is 0.818 bits per heavy atom. The minimum absolute atomic E-state index is 0.0627. The SMILES string of the molecule is CC/C=C\C/C=C\C/C=C\CCCCCC(=O)OC(COC(=O)CCCCCCCCCCCCCCCCCCCCC)COC1OC(C(=O)O)C(O)C(O)C1OC(=O)CCCCCCCCCCCCCCCCC. The van der Waals surface area contributed by atoms with Gasteiger partial charge in [-0.1, -0.05) is 269 Å². The van der Waals surface area contributed by atoms with Crippen molar-refractivity contribution >= 4 is 23.9 Å². The zero-order valence-electron chi connectivity index (χ0n) is 49.5. The van der Waals surface area contributed by atoms with Crippen LogP contribution < -0.4 is 0 Å². The monoisotopic (exact) mass is 1090 g/mol. The van der Waals surface area contributed by atoms with Crippen LogP contribution in [0.4, 0.5) is 0 Å². The second-order valence-electron chi connectivity index (χ2n) is 22.0. The van der Waals surface area contributed by atoms with Gasteiger partial charge >= 0.3 is 23.9 Å². The van der Waals surface area contributed by atoms with Crippen LogP contribution in [0.5, 0.6) is 0 Å². The number of carboxylic acids is 1. The van der Waals surface area contributed by atoms with Crippen LogP contribution in [-0.4, -0.2) is 89.2 Å². The van der Waals surface area contributed by atoms with Crippen LogP contribution in [0, 0.1) is 0 Å². The highest BCUT2D eigenvalue weighted by Gasteiger charge is 2.50. The van der Waals surface area contributed by atoms with Crippen molar-refractivity contribution in [2.45, 2.75) is 340 Å². The molecule has 448 valence electrons. The Balaban J connectivity index is 2.64. The Hall–Kier alpha value is -3.06. The Morgan fingerprint density at radius 1 is 0.442 bits per heavy atom. The molecule has 0 bridgehead atoms. The highest BCUT2D eigenvalue weighted by molar-refractivity contribution is 5.74. The average Bonchev–Trinajstić information content (AvgIpc) is 3.42. The molecule has 77 heavy (non-hydrogen) atoms. The first kappa shape index (κ1) is 72.0. The summed E-state index contributed by atoms with van der Waals surface area (Å²) in [5, 5.41) is 31.5. The fourth-order valence-corrected chi connectivity index (χ4v) is 9.86. The van der Waals surface area contributed by atoms with Crippen LogP contribution >= 0.6 is 0 Å². The van der Waals surface area contributed by atoms with Gasteiger partial charge in [-0.15, -0.1) is 0 Å². The maximum Gasteiger partial charge on any atom is 0.335 e. The maximum absolute atomic E-state index is 13.1. The molecule has 0 aromatic heterocycles. The molecule has 6 unspecified atom stereocenters. The molecule has 0 aromatic carbocycles. The van der Waals surface area contributed by atoms with Gasteiger partial charge in [0.2, 0.25) is 0 Å². The van der Waals surface area contributed by atoms with Gasteiger partial charge in [-0.25, -0.2) is 4.79 Å². The van der Waals surface area contributed by atoms with Gasteiger partial charge in [0.05, 0.1) is 6.61 Å². The van der Waals surface area contributed by atoms with E-state index in [0.29, 0.717) is 19.3 Å². The van der Waals surface area contributed by atoms with Gasteiger partial charge in [-0.05, 0) is 51.4 Å². The molecule has 12 heteroatoms. The number of aliphatic hydroxyl groups excluding tert-OH is 2. The number of esters is 3. The van der Waals surface area contributed by atoms with Crippen molar-refractivity contribution in [3.05, 3.63) is 36.5 Å². The third-order valence-electron chi connectivity index (χ3n) is 14.7. The summed E-state index contributed by atoms with van der Waals surface area (Å²) in [6, 6.07) is 0. The number of carboxylic acid groups (broad SMARTS) is 1. The summed E-state index contributed by atoms with van der Waals surface area (Å²) in [7, 11) is 0. The molecule has 0 spiro atoms. The van der Waals surface area contributed by atoms with E-state index in [9.17, 15) is 34.5 Å². The van der Waals surface area contributed by atoms with E-state index in [4.69, 9.17) is 23.7 Å². The summed E-state index contributed by atoms with van der Waals surface area (Å²) in [6.45, 7) is 5.90. The number of carbonyl (C=O) groups excluding carboxylic acids is 3. The minimum atomic E-state index is -1.90. The molecular formula is C65H116O12. The molecule has 0 aliphatic carbocycles. The van der Waals surface area contributed by atoms with Crippen molar-refractivity contribution in [3.63, 3.8) is 0 Å². The molecule has 1 fully saturated rings. The molecule has 0 amide bonds. The smallest absolute Gasteiger partial charge is 0.335 e. The lowest BCUT2D eigenvalue weighted by molar-refractivity contribution is -0.301. The number of carbonyl (C=O) groups is 4. The van der Waals surface area contributed by atoms with Crippen molar-refractivity contribution in [1.29, 1.82) is 0 Å². The molecular weight excluding hydrogens is 973 g/mol. The Bertz CT molecular complexity index is 1480. The third-order valence-corrected chi connectivity index (χ3v) is 14.7. The Labute approximate surface area is 470 Å². The standard InChI is InChI=1S/C65H116O12/c1-4-7-10-13-16-19-22-25-27-28-29-30-32-34-36-39-42-45-48-51-57(66)73-54-56(75-58(67)52-49-46-43-40-37-33-24-21-18-15-12-9-6-3)55-74-65-63(61(70)60(69)62(77-65)64(71)72)76-59(68)53-50-47-44-41-38-35-31-26-23-20-17-14-11-8-5-2/h9,12,18,21,33,37,56,60-63,65,69-70H,4-8,10-11,13-17,19-20,22-32,34-36,38-55H2,1-3H3,(H,71,72)/b12-9-,21-18-,37-33-. The predicted octanol–water partition coefficient (Wildman–Crippen LogP) is 16.8. The number of allylic oxidation sites excluding steroid dienone is 6. The average molecular weight is 1090 g/mol. The third kappa shape index (κ3) is 43.4. The van der Waals surface area contributed by atoms with Crippen molar-refractivity contribution in [2.75, 3.05) is 13.2 Å². The Kier molecular flexibility index (Phi) is 50.1. The fourth-order valence-electron chi connectivity index (χ4n) is 9.86. The summed E-state index contributed by atoms with van der Waals surface area (Å²) in [5.41, 5.74) is 0. The van der Waals surface area contributed by atoms with Crippen LogP contribution in [0.2, 0.25) is 0 Å². The van der Waals surface area contributed by atoms with Crippen LogP contribution in [0.1, 0.15) is 303 Å². The van der Waals surface area contributed by atoms with Gasteiger partial charge in [0.15, 0.2) is 24.6 Å². The lowest BCUT2D eigenvalue weighted by atomic mass is 9.98. The summed E-state index contributed by atoms with van der Waals surface area (Å²) >= 11 is 0. The van der Waals surface area contributed by atoms with Gasteiger partial charge in [0, 0.05) is 19.3 Å². The second-order valence-corrected chi connectivity index (χ2v) is 22.0. The number of hydrogen-bond acceptors (Lipinski definition) is 11. The number of aliphatic hydroxyl groups is 2. The van der Waals surface area contributed by atoms with Crippen LogP contribution in [0.15, 0.2) is 36.5 Å². The topological polar surface area (TPSA) is 175 Å². The molecule has 3 N–H and O–H groups in total. The summed E-state index contributed by atoms with van der Waals surface area (Å²) < 4.78 is 28.5. The molecule has 1 heterocycles. The fraction of sp³-hybridized carbons (Fsp3) is 0.846. The molecule has 1 rings (SSSR count). The number of hydrogen-bond donors (Lipinski definition) is 3. The van der Waals surface area contributed by atoms with E-state index >= 15 is 0 Å². The van der Waals surface area contributed by atoms with Crippen LogP contribution in [-0.2, 0) is 42.9 Å². The van der Waals surface area contributed by atoms with E-state index in [1.807, 2.05) is 0 Å². The zero-order chi connectivity index (χ0) is 56.1. The minimum Gasteiger partial charge on any atom is -0.479 e. The van der Waals surface area contributed by atoms with Crippen LogP contribution in [0.3, 0.4) is 0 Å². The van der Waals surface area contributed by atoms with E-state index < -0.39 is 67.3 Å². The maximum atomic E-state index is 13.1. The molecule has 1 aliphatic rings. The number of ether oxygens (including phenoxy) is 5. The van der Waals surface area contributed by atoms with Crippen molar-refractivity contribution in [3.8, 4) is 0 Å². The number of unbranched alkanes of at least 4 members (excludes halogenated alkanes) is 35. The summed E-state index contributed by atoms with van der Waals surface area (Å²) in [6.07, 6.45) is 51.2. The van der Waals surface area contributed by atoms with Gasteiger partial charge < -0.3 is 39.0 Å². The van der Waals surface area contributed by atoms with E-state index in [1.165, 1.54) is 161 Å². The highest BCUT2D eigenvalue weighted by atomic mass is 16.7. The number of aliphatic carboxylic acids is 1. The summed E-state index contributed by atoms with van der Waals surface area (Å²) in [5.74, 6) is -3.13. The quantitative estimate of drug-likeness (QED) is 0.0228. The number of rotatable bonds is 55. The zero-order valence-corrected chi connectivity index (χ0v) is 49.5. The van der Waals surface area contributed by atoms with E-state index in [1.54, 1.807) is 0 Å². The molecule has 0 saturated carbocycles. The first-order valence-electron chi connectivity index (χ1n) is 32.0. The molecule has 12 nitrogen and oxygen atoms in total. The molecule has 6 atom stereocenters. The van der Waals surface area contributed by atoms with Gasteiger partial charge in [0.1, 0.15) is 18.8 Å². The summed E-state index contributed by atoms with van der Waals surface area (Å²) in [4.78, 5) is 51.2. The van der Waals surface area contributed by atoms with Crippen molar-refractivity contribution in [1.82, 2.24) is 0 Å². The van der Waals surface area contributed by atoms with Crippen molar-refractivity contribution < 1.29 is 58.2 Å². The predicted molar refractivity (Wildman–Crippen MR) is 313 cm³/mol. The van der Waals surface area contributed by atoms with E-state index in [0.717, 1.165) is 83.5 Å². The Morgan fingerprint density at radius 3 is 1.25 bits per heavy atom. The van der Waals surface area contributed by atoms with E-state index in [2.05, 4.69) is 57.2 Å². The highest BCUT2D eigenvalue weighted by Crippen LogP contribution is 2.27. The lowest BCUT2D eigenvalue weighted by Crippen LogP contribution is -2.61. The first-order valence-corrected chi connectivity index (χ1v) is 32.0. The van der Waals surface area contributed by atoms with Gasteiger partial charge in [-0.2, -0.15) is 0 Å². The van der Waals surface area contributed by atoms with Gasteiger partial charge in [-0.3, -0.25) is 14.4 Å².